The van der Waals surface area contributed by atoms with Crippen LogP contribution in [0.25, 0.3) is 0 Å². The minimum Gasteiger partial charge on any atom is -0.310 e. The van der Waals surface area contributed by atoms with Gasteiger partial charge in [0.25, 0.3) is 0 Å². The van der Waals surface area contributed by atoms with E-state index in [-0.39, 0.29) is 5.78 Å². The Bertz CT molecular complexity index is 1580. The molecular formula is C33H21NO2. The molecule has 0 fully saturated rings. The highest BCUT2D eigenvalue weighted by molar-refractivity contribution is 6.14. The average Bonchev–Trinajstić information content (AvgIpc) is 2.95. The first-order valence-electron chi connectivity index (χ1n) is 12.0. The average molecular weight is 464 g/mol. The van der Waals surface area contributed by atoms with Crippen LogP contribution in [0.3, 0.4) is 0 Å². The van der Waals surface area contributed by atoms with Crippen molar-refractivity contribution in [2.75, 3.05) is 4.90 Å². The van der Waals surface area contributed by atoms with Gasteiger partial charge in [-0.25, -0.2) is 0 Å². The van der Waals surface area contributed by atoms with Gasteiger partial charge in [-0.1, -0.05) is 84.9 Å². The predicted molar refractivity (Wildman–Crippen MR) is 142 cm³/mol. The van der Waals surface area contributed by atoms with Crippen LogP contribution >= 0.6 is 0 Å². The molecular weight excluding hydrogens is 442 g/mol. The molecule has 5 aromatic rings. The summed E-state index contributed by atoms with van der Waals surface area (Å²) in [4.78, 5) is 27.2. The second kappa shape index (κ2) is 7.62. The first-order chi connectivity index (χ1) is 17.7. The minimum atomic E-state index is -0.645. The number of hydrogen-bond acceptors (Lipinski definition) is 3. The number of carbonyl (C=O) groups excluding carboxylic acids is 2. The van der Waals surface area contributed by atoms with Crippen molar-refractivity contribution in [3.63, 3.8) is 0 Å². The molecule has 1 heterocycles. The van der Waals surface area contributed by atoms with Crippen molar-refractivity contribution in [1.82, 2.24) is 0 Å². The van der Waals surface area contributed by atoms with E-state index in [1.807, 2.05) is 60.7 Å². The SMILES string of the molecule is O=Cc1ccc(N2c3ccccc3C3(c4ccccc4C(=O)c4ccccc43)c3ccccc32)cc1. The van der Waals surface area contributed by atoms with Gasteiger partial charge in [0, 0.05) is 22.4 Å². The third kappa shape index (κ3) is 2.57. The number of ketones is 1. The summed E-state index contributed by atoms with van der Waals surface area (Å²) in [6.45, 7) is 0. The molecule has 1 aliphatic heterocycles. The standard InChI is InChI=1S/C33H21NO2/c35-21-22-17-19-23(20-18-22)34-30-15-7-5-13-28(30)33(29-14-6-8-16-31(29)34)26-11-3-1-9-24(26)32(36)25-10-2-4-12-27(25)33/h1-21H. The molecule has 7 rings (SSSR count). The predicted octanol–water partition coefficient (Wildman–Crippen LogP) is 7.21. The van der Waals surface area contributed by atoms with E-state index in [2.05, 4.69) is 65.6 Å². The Labute approximate surface area is 209 Å². The van der Waals surface area contributed by atoms with E-state index >= 15 is 0 Å². The fourth-order valence-corrected chi connectivity index (χ4v) is 6.11. The highest BCUT2D eigenvalue weighted by Gasteiger charge is 2.51. The maximum atomic E-state index is 13.7. The third-order valence-corrected chi connectivity index (χ3v) is 7.54. The molecule has 0 saturated heterocycles. The fourth-order valence-electron chi connectivity index (χ4n) is 6.11. The summed E-state index contributed by atoms with van der Waals surface area (Å²) in [6, 6.07) is 40.6. The van der Waals surface area contributed by atoms with Crippen LogP contribution < -0.4 is 4.90 Å². The smallest absolute Gasteiger partial charge is 0.193 e. The van der Waals surface area contributed by atoms with Crippen LogP contribution in [0.15, 0.2) is 121 Å². The minimum absolute atomic E-state index is 0.0636. The monoisotopic (exact) mass is 463 g/mol. The van der Waals surface area contributed by atoms with Crippen LogP contribution in [0.5, 0.6) is 0 Å². The molecule has 0 saturated carbocycles. The molecule has 2 aliphatic rings. The van der Waals surface area contributed by atoms with Crippen molar-refractivity contribution in [3.05, 3.63) is 160 Å². The number of nitrogens with zero attached hydrogens (tertiary/aromatic N) is 1. The molecule has 5 aromatic carbocycles. The maximum absolute atomic E-state index is 13.7. The molecule has 0 radical (unpaired) electrons. The van der Waals surface area contributed by atoms with E-state index in [9.17, 15) is 9.59 Å². The lowest BCUT2D eigenvalue weighted by Gasteiger charge is -2.48. The molecule has 3 heteroatoms. The molecule has 0 amide bonds. The molecule has 3 nitrogen and oxygen atoms in total. The van der Waals surface area contributed by atoms with Crippen LogP contribution in [0.2, 0.25) is 0 Å². The zero-order valence-corrected chi connectivity index (χ0v) is 19.4. The van der Waals surface area contributed by atoms with Crippen molar-refractivity contribution < 1.29 is 9.59 Å². The van der Waals surface area contributed by atoms with E-state index in [1.165, 1.54) is 0 Å². The second-order valence-electron chi connectivity index (χ2n) is 9.25. The largest absolute Gasteiger partial charge is 0.310 e. The van der Waals surface area contributed by atoms with E-state index < -0.39 is 5.41 Å². The number of benzene rings is 5. The first kappa shape index (κ1) is 20.6. The van der Waals surface area contributed by atoms with Gasteiger partial charge in [-0.3, -0.25) is 9.59 Å². The third-order valence-electron chi connectivity index (χ3n) is 7.54. The number of carbonyl (C=O) groups is 2. The zero-order chi connectivity index (χ0) is 24.3. The summed E-state index contributed by atoms with van der Waals surface area (Å²) in [6.07, 6.45) is 0.865. The number of hydrogen-bond donors (Lipinski definition) is 0. The van der Waals surface area contributed by atoms with Crippen LogP contribution in [0.1, 0.15) is 48.5 Å². The van der Waals surface area contributed by atoms with E-state index in [0.29, 0.717) is 5.56 Å². The van der Waals surface area contributed by atoms with Gasteiger partial charge < -0.3 is 4.90 Å². The summed E-state index contributed by atoms with van der Waals surface area (Å²) in [7, 11) is 0. The van der Waals surface area contributed by atoms with Gasteiger partial charge in [-0.05, 0) is 58.7 Å². The summed E-state index contributed by atoms with van der Waals surface area (Å²) in [5.74, 6) is 0.0636. The lowest BCUT2D eigenvalue weighted by molar-refractivity contribution is 0.103. The summed E-state index contributed by atoms with van der Waals surface area (Å²) in [5, 5.41) is 0. The van der Waals surface area contributed by atoms with Crippen LogP contribution in [0, 0.1) is 0 Å². The molecule has 0 aromatic heterocycles. The first-order valence-corrected chi connectivity index (χ1v) is 12.0. The van der Waals surface area contributed by atoms with Crippen molar-refractivity contribution in [3.8, 4) is 0 Å². The Morgan fingerprint density at radius 3 is 1.47 bits per heavy atom. The quantitative estimate of drug-likeness (QED) is 0.254. The van der Waals surface area contributed by atoms with E-state index in [1.54, 1.807) is 0 Å². The number of para-hydroxylation sites is 2. The Hall–Kier alpha value is -4.76. The summed E-state index contributed by atoms with van der Waals surface area (Å²) in [5.41, 5.74) is 8.80. The molecule has 0 atom stereocenters. The molecule has 1 aliphatic carbocycles. The van der Waals surface area contributed by atoms with Crippen LogP contribution in [-0.2, 0) is 5.41 Å². The van der Waals surface area contributed by atoms with E-state index in [4.69, 9.17) is 0 Å². The lowest BCUT2D eigenvalue weighted by Crippen LogP contribution is -2.42. The number of aldehydes is 1. The molecule has 0 bridgehead atoms. The van der Waals surface area contributed by atoms with Gasteiger partial charge in [-0.15, -0.1) is 0 Å². The van der Waals surface area contributed by atoms with Crippen molar-refractivity contribution in [2.24, 2.45) is 0 Å². The van der Waals surface area contributed by atoms with E-state index in [0.717, 1.165) is 56.7 Å². The highest BCUT2D eigenvalue weighted by atomic mass is 16.1. The topological polar surface area (TPSA) is 37.4 Å². The van der Waals surface area contributed by atoms with Gasteiger partial charge in [0.2, 0.25) is 0 Å². The summed E-state index contributed by atoms with van der Waals surface area (Å²) >= 11 is 0. The normalized spacial score (nSPS) is 14.4. The van der Waals surface area contributed by atoms with Crippen molar-refractivity contribution in [2.45, 2.75) is 5.41 Å². The maximum Gasteiger partial charge on any atom is 0.193 e. The Morgan fingerprint density at radius 2 is 0.972 bits per heavy atom. The summed E-state index contributed by atoms with van der Waals surface area (Å²) < 4.78 is 0. The van der Waals surface area contributed by atoms with Gasteiger partial charge in [0.05, 0.1) is 16.8 Å². The molecule has 36 heavy (non-hydrogen) atoms. The van der Waals surface area contributed by atoms with Gasteiger partial charge in [0.1, 0.15) is 6.29 Å². The number of anilines is 3. The Kier molecular flexibility index (Phi) is 4.36. The zero-order valence-electron chi connectivity index (χ0n) is 19.4. The number of fused-ring (bicyclic) bond motifs is 8. The Balaban J connectivity index is 1.64. The fraction of sp³-hybridized carbons (Fsp3) is 0.0303. The lowest BCUT2D eigenvalue weighted by atomic mass is 9.57. The molecule has 0 N–H and O–H groups in total. The van der Waals surface area contributed by atoms with Gasteiger partial charge in [-0.2, -0.15) is 0 Å². The molecule has 0 unspecified atom stereocenters. The Morgan fingerprint density at radius 1 is 0.528 bits per heavy atom. The van der Waals surface area contributed by atoms with Gasteiger partial charge in [0.15, 0.2) is 5.78 Å². The second-order valence-corrected chi connectivity index (χ2v) is 9.25. The van der Waals surface area contributed by atoms with Gasteiger partial charge >= 0.3 is 0 Å². The molecule has 1 spiro atoms. The van der Waals surface area contributed by atoms with Crippen LogP contribution in [-0.4, -0.2) is 12.1 Å². The van der Waals surface area contributed by atoms with Crippen molar-refractivity contribution in [1.29, 1.82) is 0 Å². The molecule has 170 valence electrons. The highest BCUT2D eigenvalue weighted by Crippen LogP contribution is 2.60. The number of rotatable bonds is 2. The van der Waals surface area contributed by atoms with Crippen LogP contribution in [0.4, 0.5) is 17.1 Å². The van der Waals surface area contributed by atoms with Crippen molar-refractivity contribution >= 4 is 29.1 Å².